The molecule has 0 atom stereocenters. The lowest BCUT2D eigenvalue weighted by Gasteiger charge is -2.13. The number of nitrogens with one attached hydrogen (secondary N) is 1. The van der Waals surface area contributed by atoms with Crippen molar-refractivity contribution in [1.82, 2.24) is 0 Å². The van der Waals surface area contributed by atoms with Crippen molar-refractivity contribution in [2.75, 3.05) is 11.9 Å². The fourth-order valence-corrected chi connectivity index (χ4v) is 2.80. The van der Waals surface area contributed by atoms with Crippen LogP contribution in [0.4, 0.5) is 5.69 Å². The predicted octanol–water partition coefficient (Wildman–Crippen LogP) is 5.00. The summed E-state index contributed by atoms with van der Waals surface area (Å²) in [6, 6.07) is 23.8. The van der Waals surface area contributed by atoms with Crippen LogP contribution >= 0.6 is 11.6 Å². The van der Waals surface area contributed by atoms with Crippen LogP contribution in [-0.2, 0) is 17.8 Å². The molecule has 3 aromatic carbocycles. The predicted molar refractivity (Wildman–Crippen MR) is 112 cm³/mol. The molecule has 0 saturated carbocycles. The van der Waals surface area contributed by atoms with Crippen molar-refractivity contribution in [2.45, 2.75) is 13.0 Å². The van der Waals surface area contributed by atoms with Crippen LogP contribution < -0.4 is 14.8 Å². The Balaban J connectivity index is 1.56. The molecule has 0 fully saturated rings. The summed E-state index contributed by atoms with van der Waals surface area (Å²) in [5, 5.41) is 12.1. The van der Waals surface area contributed by atoms with E-state index in [0.29, 0.717) is 35.2 Å². The Morgan fingerprint density at radius 2 is 1.76 bits per heavy atom. The number of benzene rings is 3. The number of para-hydroxylation sites is 1. The van der Waals surface area contributed by atoms with Gasteiger partial charge in [0.25, 0.3) is 5.91 Å². The van der Waals surface area contributed by atoms with Crippen molar-refractivity contribution in [3.8, 4) is 17.6 Å². The van der Waals surface area contributed by atoms with Crippen molar-refractivity contribution in [3.05, 3.63) is 88.9 Å². The van der Waals surface area contributed by atoms with Gasteiger partial charge < -0.3 is 14.8 Å². The molecule has 0 bridgehead atoms. The summed E-state index contributed by atoms with van der Waals surface area (Å²) in [6.45, 7) is 0.166. The number of nitrogens with zero attached hydrogens (tertiary/aromatic N) is 1. The second-order valence-electron chi connectivity index (χ2n) is 6.22. The average molecular weight is 407 g/mol. The molecule has 0 radical (unpaired) electrons. The van der Waals surface area contributed by atoms with Gasteiger partial charge in [0.1, 0.15) is 18.1 Å². The quantitative estimate of drug-likeness (QED) is 0.571. The summed E-state index contributed by atoms with van der Waals surface area (Å²) in [4.78, 5) is 12.3. The summed E-state index contributed by atoms with van der Waals surface area (Å²) in [5.41, 5.74) is 2.44. The van der Waals surface area contributed by atoms with E-state index >= 15 is 0 Å². The molecule has 0 saturated heterocycles. The SMILES string of the molecule is N#CCc1ccc(OCc2ccccc2NC(=O)COc2cccc(Cl)c2)cc1. The highest BCUT2D eigenvalue weighted by atomic mass is 35.5. The van der Waals surface area contributed by atoms with Crippen LogP contribution in [-0.4, -0.2) is 12.5 Å². The highest BCUT2D eigenvalue weighted by molar-refractivity contribution is 6.30. The van der Waals surface area contributed by atoms with E-state index in [0.717, 1.165) is 11.1 Å². The third-order valence-corrected chi connectivity index (χ3v) is 4.29. The Labute approximate surface area is 174 Å². The highest BCUT2D eigenvalue weighted by Gasteiger charge is 2.08. The van der Waals surface area contributed by atoms with E-state index in [2.05, 4.69) is 11.4 Å². The lowest BCUT2D eigenvalue weighted by atomic mass is 10.1. The smallest absolute Gasteiger partial charge is 0.262 e. The second-order valence-corrected chi connectivity index (χ2v) is 6.66. The first-order chi connectivity index (χ1) is 14.1. The molecular formula is C23H19ClN2O3. The van der Waals surface area contributed by atoms with Crippen molar-refractivity contribution < 1.29 is 14.3 Å². The van der Waals surface area contributed by atoms with Crippen LogP contribution in [0.3, 0.4) is 0 Å². The fourth-order valence-electron chi connectivity index (χ4n) is 2.62. The molecule has 0 aliphatic carbocycles. The zero-order valence-electron chi connectivity index (χ0n) is 15.6. The molecule has 1 N–H and O–H groups in total. The van der Waals surface area contributed by atoms with Crippen molar-refractivity contribution in [3.63, 3.8) is 0 Å². The van der Waals surface area contributed by atoms with E-state index < -0.39 is 0 Å². The zero-order chi connectivity index (χ0) is 20.5. The lowest BCUT2D eigenvalue weighted by Crippen LogP contribution is -2.21. The number of nitriles is 1. The molecule has 0 aromatic heterocycles. The topological polar surface area (TPSA) is 71.3 Å². The normalized spacial score (nSPS) is 10.1. The number of amides is 1. The monoisotopic (exact) mass is 406 g/mol. The summed E-state index contributed by atoms with van der Waals surface area (Å²) in [6.07, 6.45) is 0.367. The third kappa shape index (κ3) is 6.27. The van der Waals surface area contributed by atoms with Gasteiger partial charge in [0.05, 0.1) is 12.5 Å². The summed E-state index contributed by atoms with van der Waals surface area (Å²) < 4.78 is 11.3. The van der Waals surface area contributed by atoms with Crippen molar-refractivity contribution >= 4 is 23.2 Å². The molecule has 5 nitrogen and oxygen atoms in total. The van der Waals surface area contributed by atoms with Crippen LogP contribution in [0.5, 0.6) is 11.5 Å². The van der Waals surface area contributed by atoms with Gasteiger partial charge in [-0.15, -0.1) is 0 Å². The number of rotatable bonds is 8. The molecule has 0 unspecified atom stereocenters. The van der Waals surface area contributed by atoms with Gasteiger partial charge in [-0.25, -0.2) is 0 Å². The Bertz CT molecular complexity index is 1010. The summed E-state index contributed by atoms with van der Waals surface area (Å²) in [5.74, 6) is 0.944. The number of ether oxygens (including phenoxy) is 2. The molecule has 0 aliphatic heterocycles. The molecule has 0 heterocycles. The maximum absolute atomic E-state index is 12.3. The van der Waals surface area contributed by atoms with Gasteiger partial charge in [-0.3, -0.25) is 4.79 Å². The standard InChI is InChI=1S/C23H19ClN2O3/c24-19-5-3-6-21(14-19)29-16-23(27)26-22-7-2-1-4-18(22)15-28-20-10-8-17(9-11-20)12-13-25/h1-11,14H,12,15-16H2,(H,26,27). The minimum atomic E-state index is -0.279. The van der Waals surface area contributed by atoms with Crippen LogP contribution in [0.2, 0.25) is 5.02 Å². The van der Waals surface area contributed by atoms with Crippen molar-refractivity contribution in [1.29, 1.82) is 5.26 Å². The summed E-state index contributed by atoms with van der Waals surface area (Å²) >= 11 is 5.91. The average Bonchev–Trinajstić information content (AvgIpc) is 2.73. The number of halogens is 1. The fraction of sp³-hybridized carbons (Fsp3) is 0.130. The Morgan fingerprint density at radius 3 is 2.52 bits per heavy atom. The first kappa shape index (κ1) is 20.2. The first-order valence-corrected chi connectivity index (χ1v) is 9.36. The van der Waals surface area contributed by atoms with Crippen LogP contribution in [0, 0.1) is 11.3 Å². The van der Waals surface area contributed by atoms with Crippen molar-refractivity contribution in [2.24, 2.45) is 0 Å². The van der Waals surface area contributed by atoms with Crippen LogP contribution in [0.15, 0.2) is 72.8 Å². The number of carbonyl (C=O) groups is 1. The van der Waals surface area contributed by atoms with Gasteiger partial charge in [0.15, 0.2) is 6.61 Å². The molecule has 6 heteroatoms. The van der Waals surface area contributed by atoms with Gasteiger partial charge in [-0.2, -0.15) is 5.26 Å². The minimum Gasteiger partial charge on any atom is -0.489 e. The maximum atomic E-state index is 12.3. The van der Waals surface area contributed by atoms with Gasteiger partial charge in [-0.05, 0) is 42.0 Å². The largest absolute Gasteiger partial charge is 0.489 e. The zero-order valence-corrected chi connectivity index (χ0v) is 16.4. The molecule has 146 valence electrons. The summed E-state index contributed by atoms with van der Waals surface area (Å²) in [7, 11) is 0. The van der Waals surface area contributed by atoms with Crippen LogP contribution in [0.25, 0.3) is 0 Å². The lowest BCUT2D eigenvalue weighted by molar-refractivity contribution is -0.118. The number of carbonyl (C=O) groups excluding carboxylic acids is 1. The maximum Gasteiger partial charge on any atom is 0.262 e. The molecule has 29 heavy (non-hydrogen) atoms. The van der Waals surface area contributed by atoms with E-state index in [4.69, 9.17) is 26.3 Å². The molecule has 0 aliphatic rings. The number of anilines is 1. The van der Waals surface area contributed by atoms with Gasteiger partial charge in [0, 0.05) is 16.3 Å². The molecule has 3 rings (SSSR count). The molecule has 1 amide bonds. The number of hydrogen-bond acceptors (Lipinski definition) is 4. The van der Waals surface area contributed by atoms with E-state index in [9.17, 15) is 4.79 Å². The third-order valence-electron chi connectivity index (χ3n) is 4.06. The molecular weight excluding hydrogens is 388 g/mol. The number of hydrogen-bond donors (Lipinski definition) is 1. The van der Waals surface area contributed by atoms with Gasteiger partial charge >= 0.3 is 0 Å². The molecule has 3 aromatic rings. The van der Waals surface area contributed by atoms with Gasteiger partial charge in [-0.1, -0.05) is 48.0 Å². The van der Waals surface area contributed by atoms with E-state index in [1.165, 1.54) is 0 Å². The van der Waals surface area contributed by atoms with Crippen LogP contribution in [0.1, 0.15) is 11.1 Å². The van der Waals surface area contributed by atoms with E-state index in [1.54, 1.807) is 24.3 Å². The Kier molecular flexibility index (Phi) is 7.10. The Morgan fingerprint density at radius 1 is 0.966 bits per heavy atom. The minimum absolute atomic E-state index is 0.129. The molecule has 0 spiro atoms. The highest BCUT2D eigenvalue weighted by Crippen LogP contribution is 2.20. The van der Waals surface area contributed by atoms with E-state index in [1.807, 2.05) is 48.5 Å². The first-order valence-electron chi connectivity index (χ1n) is 8.99. The Hall–Kier alpha value is -3.49. The van der Waals surface area contributed by atoms with Gasteiger partial charge in [0.2, 0.25) is 0 Å². The second kappa shape index (κ2) is 10.2. The van der Waals surface area contributed by atoms with E-state index in [-0.39, 0.29) is 12.5 Å².